The summed E-state index contributed by atoms with van der Waals surface area (Å²) in [5, 5.41) is 2.74. The van der Waals surface area contributed by atoms with Gasteiger partial charge >= 0.3 is 5.69 Å². The summed E-state index contributed by atoms with van der Waals surface area (Å²) in [6.45, 7) is 7.45. The van der Waals surface area contributed by atoms with Crippen LogP contribution in [0.15, 0.2) is 103 Å². The fraction of sp³-hybridized carbons (Fsp3) is 0.0690. The summed E-state index contributed by atoms with van der Waals surface area (Å²) in [5.74, 6) is 1.15. The minimum Gasteiger partial charge on any atom is -0.457 e. The van der Waals surface area contributed by atoms with Crippen molar-refractivity contribution in [3.05, 3.63) is 119 Å². The molecule has 2 heterocycles. The van der Waals surface area contributed by atoms with E-state index in [-0.39, 0.29) is 11.6 Å². The van der Waals surface area contributed by atoms with Crippen LogP contribution in [0.25, 0.3) is 22.4 Å². The molecule has 1 N–H and O–H groups in total. The number of imidazole rings is 1. The summed E-state index contributed by atoms with van der Waals surface area (Å²) in [5.41, 5.74) is 4.98. The first-order chi connectivity index (χ1) is 17.4. The number of amides is 1. The van der Waals surface area contributed by atoms with Crippen LogP contribution in [-0.2, 0) is 4.79 Å². The summed E-state index contributed by atoms with van der Waals surface area (Å²) in [6, 6.07) is 22.4. The number of fused-ring (bicyclic) bond motifs is 1. The molecular weight excluding hydrogens is 452 g/mol. The minimum absolute atomic E-state index is 0.253. The number of benzene rings is 3. The summed E-state index contributed by atoms with van der Waals surface area (Å²) < 4.78 is 9.31. The zero-order valence-corrected chi connectivity index (χ0v) is 19.9. The summed E-state index contributed by atoms with van der Waals surface area (Å²) >= 11 is 0. The molecule has 0 bridgehead atoms. The maximum atomic E-state index is 13.8. The second-order valence-corrected chi connectivity index (χ2v) is 8.43. The first-order valence-electron chi connectivity index (χ1n) is 11.4. The third-order valence-corrected chi connectivity index (χ3v) is 5.83. The molecular formula is C29H24N4O3. The van der Waals surface area contributed by atoms with Crippen LogP contribution in [-0.4, -0.2) is 20.0 Å². The molecule has 0 fully saturated rings. The van der Waals surface area contributed by atoms with Gasteiger partial charge in [-0.1, -0.05) is 24.8 Å². The minimum atomic E-state index is -0.324. The Morgan fingerprint density at radius 2 is 1.72 bits per heavy atom. The molecule has 5 rings (SSSR count). The van der Waals surface area contributed by atoms with Gasteiger partial charge in [-0.2, -0.15) is 0 Å². The average Bonchev–Trinajstić information content (AvgIpc) is 3.17. The molecule has 0 aliphatic rings. The molecule has 7 heteroatoms. The lowest BCUT2D eigenvalue weighted by molar-refractivity contribution is -0.111. The first kappa shape index (κ1) is 22.9. The highest BCUT2D eigenvalue weighted by molar-refractivity contribution is 5.99. The number of rotatable bonds is 6. The molecule has 1 amide bonds. The molecule has 0 atom stereocenters. The van der Waals surface area contributed by atoms with Gasteiger partial charge < -0.3 is 10.1 Å². The topological polar surface area (TPSA) is 78.2 Å². The molecule has 0 aliphatic heterocycles. The summed E-state index contributed by atoms with van der Waals surface area (Å²) in [7, 11) is 0. The Bertz CT molecular complexity index is 1680. The van der Waals surface area contributed by atoms with E-state index in [0.717, 1.165) is 16.9 Å². The SMILES string of the molecule is C=CC(=O)Nc1cccc(-n2c(=O)n(-c3ccc(Oc4cccc(C)c4)c(C)c3)c3cnccc32)c1. The van der Waals surface area contributed by atoms with Gasteiger partial charge in [0.05, 0.1) is 28.6 Å². The van der Waals surface area contributed by atoms with Crippen LogP contribution in [0.2, 0.25) is 0 Å². The van der Waals surface area contributed by atoms with Crippen LogP contribution in [0, 0.1) is 13.8 Å². The predicted molar refractivity (Wildman–Crippen MR) is 141 cm³/mol. The van der Waals surface area contributed by atoms with Crippen molar-refractivity contribution >= 4 is 22.6 Å². The van der Waals surface area contributed by atoms with E-state index in [2.05, 4.69) is 16.9 Å². The van der Waals surface area contributed by atoms with E-state index >= 15 is 0 Å². The maximum Gasteiger partial charge on any atom is 0.338 e. The molecule has 0 saturated carbocycles. The maximum absolute atomic E-state index is 13.8. The lowest BCUT2D eigenvalue weighted by atomic mass is 10.2. The number of aromatic nitrogens is 3. The number of nitrogens with one attached hydrogen (secondary N) is 1. The van der Waals surface area contributed by atoms with Gasteiger partial charge in [-0.3, -0.25) is 18.9 Å². The van der Waals surface area contributed by atoms with E-state index < -0.39 is 0 Å². The van der Waals surface area contributed by atoms with Crippen molar-refractivity contribution in [1.82, 2.24) is 14.1 Å². The Balaban J connectivity index is 1.59. The zero-order valence-electron chi connectivity index (χ0n) is 19.9. The lowest BCUT2D eigenvalue weighted by Crippen LogP contribution is -2.22. The predicted octanol–water partition coefficient (Wildman–Crippen LogP) is 5.71. The van der Waals surface area contributed by atoms with E-state index in [4.69, 9.17) is 4.74 Å². The summed E-state index contributed by atoms with van der Waals surface area (Å²) in [4.78, 5) is 29.8. The third-order valence-electron chi connectivity index (χ3n) is 5.83. The average molecular weight is 477 g/mol. The Labute approximate surface area is 207 Å². The standard InChI is InChI=1S/C29H24N4O3/c1-4-28(34)31-21-8-6-9-22(17-21)32-25-13-14-30-18-26(25)33(29(32)35)23-11-12-27(20(3)16-23)36-24-10-5-7-19(2)15-24/h4-18H,1H2,2-3H3,(H,31,34). The van der Waals surface area contributed by atoms with Crippen LogP contribution in [0.3, 0.4) is 0 Å². The van der Waals surface area contributed by atoms with Gasteiger partial charge in [0.1, 0.15) is 11.5 Å². The molecule has 3 aromatic carbocycles. The molecule has 5 aromatic rings. The highest BCUT2D eigenvalue weighted by Gasteiger charge is 2.17. The normalized spacial score (nSPS) is 10.8. The number of hydrogen-bond donors (Lipinski definition) is 1. The molecule has 0 saturated heterocycles. The monoisotopic (exact) mass is 476 g/mol. The fourth-order valence-corrected chi connectivity index (χ4v) is 4.15. The van der Waals surface area contributed by atoms with Crippen molar-refractivity contribution in [2.24, 2.45) is 0 Å². The van der Waals surface area contributed by atoms with Gasteiger partial charge in [0.15, 0.2) is 0 Å². The molecule has 178 valence electrons. The van der Waals surface area contributed by atoms with Crippen LogP contribution in [0.1, 0.15) is 11.1 Å². The number of carbonyl (C=O) groups is 1. The molecule has 7 nitrogen and oxygen atoms in total. The lowest BCUT2D eigenvalue weighted by Gasteiger charge is -2.11. The van der Waals surface area contributed by atoms with E-state index in [1.54, 1.807) is 45.8 Å². The van der Waals surface area contributed by atoms with Crippen LogP contribution in [0.4, 0.5) is 5.69 Å². The second-order valence-electron chi connectivity index (χ2n) is 8.43. The van der Waals surface area contributed by atoms with E-state index in [1.165, 1.54) is 6.08 Å². The number of hydrogen-bond acceptors (Lipinski definition) is 4. The molecule has 2 aromatic heterocycles. The Morgan fingerprint density at radius 3 is 2.50 bits per heavy atom. The Kier molecular flexibility index (Phi) is 5.96. The van der Waals surface area contributed by atoms with E-state index in [0.29, 0.717) is 33.8 Å². The van der Waals surface area contributed by atoms with Gasteiger partial charge in [-0.25, -0.2) is 4.79 Å². The molecule has 36 heavy (non-hydrogen) atoms. The number of ether oxygens (including phenoxy) is 1. The molecule has 0 unspecified atom stereocenters. The quantitative estimate of drug-likeness (QED) is 0.319. The Morgan fingerprint density at radius 1 is 0.944 bits per heavy atom. The van der Waals surface area contributed by atoms with Gasteiger partial charge in [0.2, 0.25) is 5.91 Å². The van der Waals surface area contributed by atoms with E-state index in [9.17, 15) is 9.59 Å². The summed E-state index contributed by atoms with van der Waals surface area (Å²) in [6.07, 6.45) is 4.52. The number of nitrogens with zero attached hydrogens (tertiary/aromatic N) is 3. The van der Waals surface area contributed by atoms with Crippen LogP contribution >= 0.6 is 0 Å². The van der Waals surface area contributed by atoms with Crippen molar-refractivity contribution in [1.29, 1.82) is 0 Å². The smallest absolute Gasteiger partial charge is 0.338 e. The number of carbonyl (C=O) groups excluding carboxylic acids is 1. The largest absolute Gasteiger partial charge is 0.457 e. The van der Waals surface area contributed by atoms with Gasteiger partial charge in [-0.05, 0) is 85.6 Å². The highest BCUT2D eigenvalue weighted by atomic mass is 16.5. The van der Waals surface area contributed by atoms with Crippen molar-refractivity contribution in [2.75, 3.05) is 5.32 Å². The van der Waals surface area contributed by atoms with Crippen LogP contribution < -0.4 is 15.7 Å². The van der Waals surface area contributed by atoms with Crippen LogP contribution in [0.5, 0.6) is 11.5 Å². The number of pyridine rings is 1. The number of anilines is 1. The highest BCUT2D eigenvalue weighted by Crippen LogP contribution is 2.29. The van der Waals surface area contributed by atoms with Gasteiger partial charge in [-0.15, -0.1) is 0 Å². The fourth-order valence-electron chi connectivity index (χ4n) is 4.15. The second kappa shape index (κ2) is 9.38. The Hall–Kier alpha value is -4.91. The van der Waals surface area contributed by atoms with Gasteiger partial charge in [0, 0.05) is 11.9 Å². The third kappa shape index (κ3) is 4.30. The van der Waals surface area contributed by atoms with Gasteiger partial charge in [0.25, 0.3) is 0 Å². The van der Waals surface area contributed by atoms with E-state index in [1.807, 2.05) is 62.4 Å². The van der Waals surface area contributed by atoms with Crippen molar-refractivity contribution < 1.29 is 9.53 Å². The first-order valence-corrected chi connectivity index (χ1v) is 11.4. The molecule has 0 spiro atoms. The molecule has 0 radical (unpaired) electrons. The van der Waals surface area contributed by atoms with Crippen molar-refractivity contribution in [3.8, 4) is 22.9 Å². The molecule has 0 aliphatic carbocycles. The number of aryl methyl sites for hydroxylation is 2. The van der Waals surface area contributed by atoms with Crippen molar-refractivity contribution in [2.45, 2.75) is 13.8 Å². The van der Waals surface area contributed by atoms with Crippen molar-refractivity contribution in [3.63, 3.8) is 0 Å². The zero-order chi connectivity index (χ0) is 25.2.